The summed E-state index contributed by atoms with van der Waals surface area (Å²) in [7, 11) is 0. The van der Waals surface area contributed by atoms with Gasteiger partial charge in [0, 0.05) is 12.5 Å². The van der Waals surface area contributed by atoms with Gasteiger partial charge in [-0.15, -0.1) is 0 Å². The van der Waals surface area contributed by atoms with Crippen LogP contribution in [0.4, 0.5) is 0 Å². The summed E-state index contributed by atoms with van der Waals surface area (Å²) in [4.78, 5) is 22.8. The number of nitrogens with one attached hydrogen (secondary N) is 1. The van der Waals surface area contributed by atoms with Gasteiger partial charge in [0.1, 0.15) is 0 Å². The lowest BCUT2D eigenvalue weighted by Gasteiger charge is -2.18. The summed E-state index contributed by atoms with van der Waals surface area (Å²) < 4.78 is 0. The number of carbonyl (C=O) groups excluding carboxylic acids is 1. The molecule has 0 aromatic heterocycles. The minimum absolute atomic E-state index is 0.0134. The van der Waals surface area contributed by atoms with Gasteiger partial charge in [-0.3, -0.25) is 9.59 Å². The SMILES string of the molecule is CC(CCCN)C(=O)NCC1CCCC1C(=O)O. The predicted molar refractivity (Wildman–Crippen MR) is 68.9 cm³/mol. The molecule has 1 rings (SSSR count). The molecule has 1 amide bonds. The Hall–Kier alpha value is -1.10. The fourth-order valence-electron chi connectivity index (χ4n) is 2.57. The van der Waals surface area contributed by atoms with Crippen LogP contribution in [0, 0.1) is 17.8 Å². The predicted octanol–water partition coefficient (Wildman–Crippen LogP) is 0.979. The zero-order valence-corrected chi connectivity index (χ0v) is 11.0. The Morgan fingerprint density at radius 2 is 2.17 bits per heavy atom. The number of rotatable bonds is 7. The Labute approximate surface area is 108 Å². The molecule has 1 aliphatic carbocycles. The molecule has 1 saturated carbocycles. The summed E-state index contributed by atoms with van der Waals surface area (Å²) in [6.07, 6.45) is 4.21. The highest BCUT2D eigenvalue weighted by molar-refractivity contribution is 5.78. The first-order valence-electron chi connectivity index (χ1n) is 6.76. The van der Waals surface area contributed by atoms with Gasteiger partial charge in [0.25, 0.3) is 0 Å². The fourth-order valence-corrected chi connectivity index (χ4v) is 2.57. The van der Waals surface area contributed by atoms with Gasteiger partial charge in [0.05, 0.1) is 5.92 Å². The van der Waals surface area contributed by atoms with Gasteiger partial charge in [0.2, 0.25) is 5.91 Å². The van der Waals surface area contributed by atoms with Crippen LogP contribution in [0.3, 0.4) is 0 Å². The Kier molecular flexibility index (Phi) is 6.12. The van der Waals surface area contributed by atoms with E-state index in [0.29, 0.717) is 13.1 Å². The molecule has 0 spiro atoms. The van der Waals surface area contributed by atoms with Crippen LogP contribution in [0.15, 0.2) is 0 Å². The van der Waals surface area contributed by atoms with Gasteiger partial charge >= 0.3 is 5.97 Å². The molecular weight excluding hydrogens is 232 g/mol. The smallest absolute Gasteiger partial charge is 0.306 e. The van der Waals surface area contributed by atoms with Crippen LogP contribution in [0.1, 0.15) is 39.0 Å². The number of aliphatic carboxylic acids is 1. The van der Waals surface area contributed by atoms with Crippen molar-refractivity contribution in [2.24, 2.45) is 23.5 Å². The number of nitrogens with two attached hydrogens (primary N) is 1. The van der Waals surface area contributed by atoms with E-state index in [4.69, 9.17) is 10.8 Å². The van der Waals surface area contributed by atoms with Crippen molar-refractivity contribution in [3.63, 3.8) is 0 Å². The number of hydrogen-bond donors (Lipinski definition) is 3. The summed E-state index contributed by atoms with van der Waals surface area (Å²) >= 11 is 0. The zero-order valence-electron chi connectivity index (χ0n) is 11.0. The third-order valence-corrected chi connectivity index (χ3v) is 3.80. The molecule has 1 aliphatic rings. The minimum Gasteiger partial charge on any atom is -0.481 e. The van der Waals surface area contributed by atoms with E-state index in [2.05, 4.69) is 5.32 Å². The molecule has 0 heterocycles. The Morgan fingerprint density at radius 3 is 2.78 bits per heavy atom. The van der Waals surface area contributed by atoms with Crippen LogP contribution in [-0.4, -0.2) is 30.1 Å². The fraction of sp³-hybridized carbons (Fsp3) is 0.846. The van der Waals surface area contributed by atoms with Crippen molar-refractivity contribution >= 4 is 11.9 Å². The van der Waals surface area contributed by atoms with Crippen molar-refractivity contribution in [1.29, 1.82) is 0 Å². The van der Waals surface area contributed by atoms with Crippen molar-refractivity contribution in [1.82, 2.24) is 5.32 Å². The van der Waals surface area contributed by atoms with E-state index < -0.39 is 5.97 Å². The second-order valence-corrected chi connectivity index (χ2v) is 5.21. The highest BCUT2D eigenvalue weighted by Crippen LogP contribution is 2.31. The molecule has 3 unspecified atom stereocenters. The molecule has 5 heteroatoms. The molecule has 1 fully saturated rings. The zero-order chi connectivity index (χ0) is 13.5. The van der Waals surface area contributed by atoms with Gasteiger partial charge in [-0.2, -0.15) is 0 Å². The maximum absolute atomic E-state index is 11.8. The van der Waals surface area contributed by atoms with Crippen LogP contribution in [0.2, 0.25) is 0 Å². The average Bonchev–Trinajstić information content (AvgIpc) is 2.81. The van der Waals surface area contributed by atoms with Crippen LogP contribution < -0.4 is 11.1 Å². The molecule has 18 heavy (non-hydrogen) atoms. The Morgan fingerprint density at radius 1 is 1.44 bits per heavy atom. The molecule has 4 N–H and O–H groups in total. The molecule has 104 valence electrons. The van der Waals surface area contributed by atoms with Crippen LogP contribution >= 0.6 is 0 Å². The molecule has 0 aliphatic heterocycles. The van der Waals surface area contributed by atoms with Gasteiger partial charge in [-0.25, -0.2) is 0 Å². The first kappa shape index (κ1) is 15.0. The van der Waals surface area contributed by atoms with E-state index in [9.17, 15) is 9.59 Å². The van der Waals surface area contributed by atoms with E-state index in [-0.39, 0.29) is 23.7 Å². The third kappa shape index (κ3) is 4.29. The number of hydrogen-bond acceptors (Lipinski definition) is 3. The lowest BCUT2D eigenvalue weighted by atomic mass is 9.96. The summed E-state index contributed by atoms with van der Waals surface area (Å²) in [5.74, 6) is -0.960. The molecule has 0 aromatic rings. The lowest BCUT2D eigenvalue weighted by Crippen LogP contribution is -2.36. The molecule has 0 bridgehead atoms. The Bertz CT molecular complexity index is 294. The second-order valence-electron chi connectivity index (χ2n) is 5.21. The molecule has 0 saturated heterocycles. The van der Waals surface area contributed by atoms with Gasteiger partial charge < -0.3 is 16.2 Å². The number of carboxylic acid groups (broad SMARTS) is 1. The van der Waals surface area contributed by atoms with E-state index in [1.807, 2.05) is 6.92 Å². The Balaban J connectivity index is 2.31. The van der Waals surface area contributed by atoms with Crippen molar-refractivity contribution in [2.45, 2.75) is 39.0 Å². The van der Waals surface area contributed by atoms with Crippen LogP contribution in [-0.2, 0) is 9.59 Å². The average molecular weight is 256 g/mol. The van der Waals surface area contributed by atoms with E-state index in [0.717, 1.165) is 32.1 Å². The summed E-state index contributed by atoms with van der Waals surface area (Å²) in [6, 6.07) is 0. The molecule has 5 nitrogen and oxygen atoms in total. The molecule has 0 aromatic carbocycles. The first-order chi connectivity index (χ1) is 8.56. The number of carbonyl (C=O) groups is 2. The topological polar surface area (TPSA) is 92.4 Å². The van der Waals surface area contributed by atoms with Crippen LogP contribution in [0.5, 0.6) is 0 Å². The van der Waals surface area contributed by atoms with E-state index in [1.54, 1.807) is 0 Å². The number of carboxylic acids is 1. The normalized spacial score (nSPS) is 24.8. The van der Waals surface area contributed by atoms with Gasteiger partial charge in [-0.1, -0.05) is 13.3 Å². The highest BCUT2D eigenvalue weighted by Gasteiger charge is 2.33. The number of amides is 1. The van der Waals surface area contributed by atoms with E-state index in [1.165, 1.54) is 0 Å². The summed E-state index contributed by atoms with van der Waals surface area (Å²) in [5, 5.41) is 11.9. The van der Waals surface area contributed by atoms with Gasteiger partial charge in [-0.05, 0) is 38.1 Å². The molecule has 0 radical (unpaired) electrons. The van der Waals surface area contributed by atoms with E-state index >= 15 is 0 Å². The third-order valence-electron chi connectivity index (χ3n) is 3.80. The summed E-state index contributed by atoms with van der Waals surface area (Å²) in [5.41, 5.74) is 5.40. The summed E-state index contributed by atoms with van der Waals surface area (Å²) in [6.45, 7) is 2.97. The quantitative estimate of drug-likeness (QED) is 0.633. The van der Waals surface area contributed by atoms with Gasteiger partial charge in [0.15, 0.2) is 0 Å². The molecule has 3 atom stereocenters. The standard InChI is InChI=1S/C13H24N2O3/c1-9(4-3-7-14)12(16)15-8-10-5-2-6-11(10)13(17)18/h9-11H,2-8,14H2,1H3,(H,15,16)(H,17,18). The monoisotopic (exact) mass is 256 g/mol. The van der Waals surface area contributed by atoms with Crippen molar-refractivity contribution in [2.75, 3.05) is 13.1 Å². The lowest BCUT2D eigenvalue weighted by molar-refractivity contribution is -0.143. The van der Waals surface area contributed by atoms with Crippen molar-refractivity contribution in [3.8, 4) is 0 Å². The van der Waals surface area contributed by atoms with Crippen molar-refractivity contribution < 1.29 is 14.7 Å². The van der Waals surface area contributed by atoms with Crippen LogP contribution in [0.25, 0.3) is 0 Å². The maximum Gasteiger partial charge on any atom is 0.306 e. The molecular formula is C13H24N2O3. The van der Waals surface area contributed by atoms with Crippen molar-refractivity contribution in [3.05, 3.63) is 0 Å². The largest absolute Gasteiger partial charge is 0.481 e. The minimum atomic E-state index is -0.733. The maximum atomic E-state index is 11.8. The second kappa shape index (κ2) is 7.36. The highest BCUT2D eigenvalue weighted by atomic mass is 16.4. The first-order valence-corrected chi connectivity index (χ1v) is 6.76.